The Labute approximate surface area is 97.9 Å². The van der Waals surface area contributed by atoms with Gasteiger partial charge in [0.15, 0.2) is 0 Å². The van der Waals surface area contributed by atoms with Crippen molar-refractivity contribution in [2.75, 3.05) is 0 Å². The molecule has 0 aromatic carbocycles. The second-order valence-corrected chi connectivity index (χ2v) is 5.28. The molecule has 2 aromatic rings. The molecule has 84 valence electrons. The van der Waals surface area contributed by atoms with Crippen molar-refractivity contribution in [1.82, 2.24) is 10.3 Å². The summed E-state index contributed by atoms with van der Waals surface area (Å²) in [6.45, 7) is 0. The number of hydrogen-bond donors (Lipinski definition) is 2. The Hall–Kier alpha value is -1.29. The SMILES string of the molecule is O=C(NC1CCCC1)c1cc2sccc2[nH]1. The fraction of sp³-hybridized carbons (Fsp3) is 0.417. The molecule has 0 aliphatic heterocycles. The van der Waals surface area contributed by atoms with Gasteiger partial charge >= 0.3 is 0 Å². The van der Waals surface area contributed by atoms with Crippen LogP contribution in [0.2, 0.25) is 0 Å². The lowest BCUT2D eigenvalue weighted by molar-refractivity contribution is 0.0933. The summed E-state index contributed by atoms with van der Waals surface area (Å²) in [5, 5.41) is 5.11. The first-order chi connectivity index (χ1) is 7.83. The topological polar surface area (TPSA) is 44.9 Å². The van der Waals surface area contributed by atoms with Gasteiger partial charge in [0.1, 0.15) is 5.69 Å². The van der Waals surface area contributed by atoms with Crippen LogP contribution < -0.4 is 5.32 Å². The third-order valence-corrected chi connectivity index (χ3v) is 4.04. The highest BCUT2D eigenvalue weighted by Gasteiger charge is 2.18. The molecule has 0 radical (unpaired) electrons. The highest BCUT2D eigenvalue weighted by atomic mass is 32.1. The van der Waals surface area contributed by atoms with E-state index < -0.39 is 0 Å². The van der Waals surface area contributed by atoms with Crippen LogP contribution in [-0.4, -0.2) is 16.9 Å². The Morgan fingerprint density at radius 1 is 1.44 bits per heavy atom. The smallest absolute Gasteiger partial charge is 0.267 e. The molecule has 0 spiro atoms. The minimum absolute atomic E-state index is 0.0373. The van der Waals surface area contributed by atoms with Gasteiger partial charge in [0.25, 0.3) is 5.91 Å². The fourth-order valence-corrected chi connectivity index (χ4v) is 3.09. The van der Waals surface area contributed by atoms with Gasteiger partial charge in [0.2, 0.25) is 0 Å². The summed E-state index contributed by atoms with van der Waals surface area (Å²) in [7, 11) is 0. The summed E-state index contributed by atoms with van der Waals surface area (Å²) < 4.78 is 1.15. The summed E-state index contributed by atoms with van der Waals surface area (Å²) in [6, 6.07) is 4.32. The Morgan fingerprint density at radius 3 is 3.00 bits per heavy atom. The molecule has 1 aliphatic rings. The third-order valence-electron chi connectivity index (χ3n) is 3.17. The van der Waals surface area contributed by atoms with Crippen molar-refractivity contribution in [3.8, 4) is 0 Å². The van der Waals surface area contributed by atoms with Crippen LogP contribution in [0.3, 0.4) is 0 Å². The maximum Gasteiger partial charge on any atom is 0.267 e. The molecule has 0 bridgehead atoms. The number of carbonyl (C=O) groups excluding carboxylic acids is 1. The molecule has 0 unspecified atom stereocenters. The van der Waals surface area contributed by atoms with E-state index in [9.17, 15) is 4.79 Å². The van der Waals surface area contributed by atoms with E-state index in [1.54, 1.807) is 11.3 Å². The fourth-order valence-electron chi connectivity index (χ4n) is 2.30. The van der Waals surface area contributed by atoms with Gasteiger partial charge in [0.05, 0.1) is 10.2 Å². The zero-order valence-corrected chi connectivity index (χ0v) is 9.77. The molecule has 2 N–H and O–H groups in total. The Balaban J connectivity index is 1.76. The van der Waals surface area contributed by atoms with Gasteiger partial charge in [-0.15, -0.1) is 11.3 Å². The summed E-state index contributed by atoms with van der Waals surface area (Å²) in [5.74, 6) is 0.0373. The first-order valence-electron chi connectivity index (χ1n) is 5.70. The van der Waals surface area contributed by atoms with E-state index in [2.05, 4.69) is 10.3 Å². The van der Waals surface area contributed by atoms with Crippen LogP contribution in [0.25, 0.3) is 10.2 Å². The maximum atomic E-state index is 11.9. The lowest BCUT2D eigenvalue weighted by Crippen LogP contribution is -2.32. The first kappa shape index (κ1) is 9.90. The predicted molar refractivity (Wildman–Crippen MR) is 65.9 cm³/mol. The van der Waals surface area contributed by atoms with E-state index in [1.165, 1.54) is 12.8 Å². The molecule has 1 amide bonds. The van der Waals surface area contributed by atoms with E-state index >= 15 is 0 Å². The number of hydrogen-bond acceptors (Lipinski definition) is 2. The zero-order valence-electron chi connectivity index (χ0n) is 8.95. The second-order valence-electron chi connectivity index (χ2n) is 4.34. The quantitative estimate of drug-likeness (QED) is 0.824. The zero-order chi connectivity index (χ0) is 11.0. The largest absolute Gasteiger partial charge is 0.350 e. The molecular formula is C12H14N2OS. The highest BCUT2D eigenvalue weighted by Crippen LogP contribution is 2.22. The number of amides is 1. The Kier molecular flexibility index (Phi) is 2.44. The molecule has 0 saturated heterocycles. The number of rotatable bonds is 2. The van der Waals surface area contributed by atoms with Crippen LogP contribution in [-0.2, 0) is 0 Å². The van der Waals surface area contributed by atoms with Crippen molar-refractivity contribution in [3.63, 3.8) is 0 Å². The van der Waals surface area contributed by atoms with Gasteiger partial charge in [-0.3, -0.25) is 4.79 Å². The lowest BCUT2D eigenvalue weighted by atomic mass is 10.2. The third kappa shape index (κ3) is 1.73. The normalized spacial score (nSPS) is 17.0. The number of nitrogens with one attached hydrogen (secondary N) is 2. The van der Waals surface area contributed by atoms with Crippen molar-refractivity contribution in [3.05, 3.63) is 23.2 Å². The van der Waals surface area contributed by atoms with Gasteiger partial charge in [-0.25, -0.2) is 0 Å². The average Bonchev–Trinajstić information content (AvgIpc) is 2.91. The number of thiophene rings is 1. The monoisotopic (exact) mass is 234 g/mol. The van der Waals surface area contributed by atoms with E-state index in [-0.39, 0.29) is 5.91 Å². The summed E-state index contributed by atoms with van der Waals surface area (Å²) in [4.78, 5) is 15.1. The molecular weight excluding hydrogens is 220 g/mol. The molecule has 4 heteroatoms. The number of aromatic nitrogens is 1. The first-order valence-corrected chi connectivity index (χ1v) is 6.58. The predicted octanol–water partition coefficient (Wildman–Crippen LogP) is 2.90. The van der Waals surface area contributed by atoms with Gasteiger partial charge in [-0.1, -0.05) is 12.8 Å². The van der Waals surface area contributed by atoms with Crippen LogP contribution in [0.5, 0.6) is 0 Å². The van der Waals surface area contributed by atoms with Crippen molar-refractivity contribution in [2.24, 2.45) is 0 Å². The molecule has 1 saturated carbocycles. The van der Waals surface area contributed by atoms with Crippen LogP contribution >= 0.6 is 11.3 Å². The molecule has 0 atom stereocenters. The standard InChI is InChI=1S/C12H14N2OS/c15-12(13-8-3-1-2-4-8)10-7-11-9(14-10)5-6-16-11/h5-8,14H,1-4H2,(H,13,15). The minimum atomic E-state index is 0.0373. The number of carbonyl (C=O) groups is 1. The molecule has 3 nitrogen and oxygen atoms in total. The maximum absolute atomic E-state index is 11.9. The van der Waals surface area contributed by atoms with Gasteiger partial charge in [-0.05, 0) is 30.4 Å². The van der Waals surface area contributed by atoms with E-state index in [4.69, 9.17) is 0 Å². The summed E-state index contributed by atoms with van der Waals surface area (Å²) in [5.41, 5.74) is 1.75. The lowest BCUT2D eigenvalue weighted by Gasteiger charge is -2.10. The van der Waals surface area contributed by atoms with Crippen molar-refractivity contribution >= 4 is 27.5 Å². The van der Waals surface area contributed by atoms with E-state index in [0.717, 1.165) is 23.1 Å². The molecule has 16 heavy (non-hydrogen) atoms. The van der Waals surface area contributed by atoms with Crippen molar-refractivity contribution in [1.29, 1.82) is 0 Å². The van der Waals surface area contributed by atoms with Crippen LogP contribution in [0, 0.1) is 0 Å². The van der Waals surface area contributed by atoms with Crippen LogP contribution in [0.4, 0.5) is 0 Å². The number of fused-ring (bicyclic) bond motifs is 1. The highest BCUT2D eigenvalue weighted by molar-refractivity contribution is 7.17. The number of H-pyrrole nitrogens is 1. The molecule has 2 aromatic heterocycles. The van der Waals surface area contributed by atoms with Crippen LogP contribution in [0.1, 0.15) is 36.2 Å². The second kappa shape index (κ2) is 3.94. The number of aromatic amines is 1. The van der Waals surface area contributed by atoms with Crippen LogP contribution in [0.15, 0.2) is 17.5 Å². The van der Waals surface area contributed by atoms with Gasteiger partial charge in [-0.2, -0.15) is 0 Å². The van der Waals surface area contributed by atoms with Crippen molar-refractivity contribution in [2.45, 2.75) is 31.7 Å². The van der Waals surface area contributed by atoms with E-state index in [1.807, 2.05) is 17.5 Å². The summed E-state index contributed by atoms with van der Waals surface area (Å²) >= 11 is 1.66. The molecule has 2 heterocycles. The van der Waals surface area contributed by atoms with Gasteiger partial charge < -0.3 is 10.3 Å². The average molecular weight is 234 g/mol. The molecule has 3 rings (SSSR count). The Bertz CT molecular complexity index is 479. The Morgan fingerprint density at radius 2 is 2.25 bits per heavy atom. The molecule has 1 aliphatic carbocycles. The molecule has 1 fully saturated rings. The summed E-state index contributed by atoms with van der Waals surface area (Å²) in [6.07, 6.45) is 4.73. The van der Waals surface area contributed by atoms with Crippen molar-refractivity contribution < 1.29 is 4.79 Å². The van der Waals surface area contributed by atoms with Gasteiger partial charge in [0, 0.05) is 6.04 Å². The van der Waals surface area contributed by atoms with E-state index in [0.29, 0.717) is 11.7 Å². The minimum Gasteiger partial charge on any atom is -0.350 e.